The Kier molecular flexibility index (Phi) is 7.25. The van der Waals surface area contributed by atoms with Crippen molar-refractivity contribution in [3.8, 4) is 11.1 Å². The Morgan fingerprint density at radius 2 is 1.75 bits per heavy atom. The van der Waals surface area contributed by atoms with E-state index in [9.17, 15) is 4.39 Å². The molecule has 0 amide bonds. The molecule has 7 nitrogen and oxygen atoms in total. The topological polar surface area (TPSA) is 83.2 Å². The summed E-state index contributed by atoms with van der Waals surface area (Å²) in [5, 5.41) is 4.14. The number of halogens is 1. The second-order valence-electron chi connectivity index (χ2n) is 8.03. The fourth-order valence-electron chi connectivity index (χ4n) is 3.09. The van der Waals surface area contributed by atoms with Crippen molar-refractivity contribution in [1.29, 1.82) is 0 Å². The van der Waals surface area contributed by atoms with Gasteiger partial charge in [-0.2, -0.15) is 9.98 Å². The lowest BCUT2D eigenvalue weighted by Crippen LogP contribution is -2.33. The van der Waals surface area contributed by atoms with Gasteiger partial charge in [0.1, 0.15) is 5.82 Å². The maximum atomic E-state index is 14.0. The molecule has 0 aliphatic heterocycles. The molecule has 2 N–H and O–H groups in total. The molecule has 0 bridgehead atoms. The molecule has 3 aromatic rings. The Labute approximate surface area is 188 Å². The zero-order chi connectivity index (χ0) is 23.3. The first-order valence-corrected chi connectivity index (χ1v) is 10.3. The summed E-state index contributed by atoms with van der Waals surface area (Å²) < 4.78 is 19.4. The van der Waals surface area contributed by atoms with Gasteiger partial charge in [-0.05, 0) is 29.5 Å². The van der Waals surface area contributed by atoms with Gasteiger partial charge in [0.05, 0.1) is 5.69 Å². The van der Waals surface area contributed by atoms with Crippen molar-refractivity contribution in [2.45, 2.75) is 19.3 Å². The van der Waals surface area contributed by atoms with E-state index in [1.54, 1.807) is 28.0 Å². The van der Waals surface area contributed by atoms with E-state index in [0.717, 1.165) is 16.8 Å². The van der Waals surface area contributed by atoms with Gasteiger partial charge in [0, 0.05) is 39.8 Å². The number of rotatable bonds is 5. The van der Waals surface area contributed by atoms with E-state index < -0.39 is 0 Å². The lowest BCUT2D eigenvalue weighted by molar-refractivity contribution is 0.418. The molecule has 2 aromatic carbocycles. The molecule has 0 radical (unpaired) electrons. The van der Waals surface area contributed by atoms with Crippen LogP contribution in [-0.2, 0) is 6.42 Å². The lowest BCUT2D eigenvalue weighted by Gasteiger charge is -2.14. The molecule has 0 aliphatic rings. The zero-order valence-electron chi connectivity index (χ0n) is 19.1. The van der Waals surface area contributed by atoms with Crippen LogP contribution in [0.2, 0.25) is 0 Å². The van der Waals surface area contributed by atoms with Gasteiger partial charge >= 0.3 is 0 Å². The Balaban J connectivity index is 1.72. The van der Waals surface area contributed by atoms with E-state index in [0.29, 0.717) is 29.8 Å². The van der Waals surface area contributed by atoms with E-state index in [1.165, 1.54) is 6.07 Å². The van der Waals surface area contributed by atoms with Crippen molar-refractivity contribution >= 4 is 17.8 Å². The predicted molar refractivity (Wildman–Crippen MR) is 127 cm³/mol. The van der Waals surface area contributed by atoms with Gasteiger partial charge in [-0.1, -0.05) is 54.5 Å². The van der Waals surface area contributed by atoms with Crippen LogP contribution in [0.4, 0.5) is 10.3 Å². The van der Waals surface area contributed by atoms with Crippen LogP contribution in [0.3, 0.4) is 0 Å². The Morgan fingerprint density at radius 1 is 1.06 bits per heavy atom. The minimum Gasteiger partial charge on any atom is -0.369 e. The van der Waals surface area contributed by atoms with E-state index in [-0.39, 0.29) is 11.7 Å². The third-order valence-corrected chi connectivity index (χ3v) is 5.01. The monoisotopic (exact) mass is 436 g/mol. The number of benzene rings is 2. The van der Waals surface area contributed by atoms with Gasteiger partial charge < -0.3 is 20.1 Å². The molecule has 0 saturated heterocycles. The quantitative estimate of drug-likeness (QED) is 0.477. The Morgan fingerprint density at radius 3 is 2.38 bits per heavy atom. The van der Waals surface area contributed by atoms with Crippen LogP contribution < -0.4 is 5.73 Å². The molecule has 0 aliphatic carbocycles. The number of guanidine groups is 2. The van der Waals surface area contributed by atoms with Crippen LogP contribution in [-0.4, -0.2) is 55.1 Å². The summed E-state index contributed by atoms with van der Waals surface area (Å²) in [5.41, 5.74) is 9.28. The second kappa shape index (κ2) is 10.1. The summed E-state index contributed by atoms with van der Waals surface area (Å²) in [7, 11) is 7.27. The molecular weight excluding hydrogens is 407 g/mol. The standard InChI is InChI=1S/C24H29FN6O/c1-16(17-10-12-18(13-11-17)20-8-6-7-9-21(20)25)14-19-15-22(32-29-19)27-24(31(4)5)28-23(26)30(2)3/h6-13,15-16H,14H2,1-5H3,(H2,26,27,28). The average Bonchev–Trinajstić information content (AvgIpc) is 3.20. The van der Waals surface area contributed by atoms with E-state index in [2.05, 4.69) is 22.1 Å². The smallest absolute Gasteiger partial charge is 0.253 e. The van der Waals surface area contributed by atoms with Gasteiger partial charge in [0.25, 0.3) is 5.88 Å². The van der Waals surface area contributed by atoms with Crippen LogP contribution in [0.15, 0.2) is 69.1 Å². The molecule has 1 unspecified atom stereocenters. The largest absolute Gasteiger partial charge is 0.369 e. The summed E-state index contributed by atoms with van der Waals surface area (Å²) >= 11 is 0. The highest BCUT2D eigenvalue weighted by molar-refractivity contribution is 5.94. The first kappa shape index (κ1) is 23.0. The van der Waals surface area contributed by atoms with Crippen LogP contribution in [0.5, 0.6) is 0 Å². The van der Waals surface area contributed by atoms with Crippen LogP contribution in [0.1, 0.15) is 24.1 Å². The fourth-order valence-corrected chi connectivity index (χ4v) is 3.09. The number of aromatic nitrogens is 1. The first-order chi connectivity index (χ1) is 15.2. The molecule has 0 fully saturated rings. The number of nitrogens with two attached hydrogens (primary N) is 1. The van der Waals surface area contributed by atoms with Gasteiger partial charge in [0.2, 0.25) is 5.96 Å². The zero-order valence-corrected chi connectivity index (χ0v) is 19.1. The first-order valence-electron chi connectivity index (χ1n) is 10.3. The molecule has 32 heavy (non-hydrogen) atoms. The minimum absolute atomic E-state index is 0.197. The van der Waals surface area contributed by atoms with E-state index in [1.807, 2.05) is 58.5 Å². The number of nitrogens with zero attached hydrogens (tertiary/aromatic N) is 5. The molecule has 0 spiro atoms. The van der Waals surface area contributed by atoms with Crippen molar-refractivity contribution in [2.24, 2.45) is 15.7 Å². The molecule has 1 atom stereocenters. The van der Waals surface area contributed by atoms with Gasteiger partial charge in [-0.25, -0.2) is 4.39 Å². The molecule has 0 saturated carbocycles. The summed E-state index contributed by atoms with van der Waals surface area (Å²) in [6, 6.07) is 16.5. The summed E-state index contributed by atoms with van der Waals surface area (Å²) in [6.45, 7) is 2.11. The highest BCUT2D eigenvalue weighted by Gasteiger charge is 2.13. The predicted octanol–water partition coefficient (Wildman–Crippen LogP) is 4.25. The molecule has 8 heteroatoms. The third kappa shape index (κ3) is 5.72. The van der Waals surface area contributed by atoms with Crippen LogP contribution in [0, 0.1) is 5.82 Å². The van der Waals surface area contributed by atoms with Crippen molar-refractivity contribution in [2.75, 3.05) is 28.2 Å². The number of hydrogen-bond donors (Lipinski definition) is 1. The number of hydrogen-bond acceptors (Lipinski definition) is 3. The van der Waals surface area contributed by atoms with Gasteiger partial charge in [0.15, 0.2) is 5.96 Å². The van der Waals surface area contributed by atoms with Crippen LogP contribution in [0.25, 0.3) is 11.1 Å². The lowest BCUT2D eigenvalue weighted by atomic mass is 9.94. The SMILES string of the molecule is CC(Cc1cc(N=C(N=C(N)N(C)C)N(C)C)on1)c1ccc(-c2ccccc2F)cc1. The van der Waals surface area contributed by atoms with E-state index >= 15 is 0 Å². The highest BCUT2D eigenvalue weighted by Crippen LogP contribution is 2.27. The summed E-state index contributed by atoms with van der Waals surface area (Å²) in [5.74, 6) is 1.08. The van der Waals surface area contributed by atoms with Gasteiger partial charge in [-0.3, -0.25) is 0 Å². The third-order valence-electron chi connectivity index (χ3n) is 5.01. The molecular formula is C24H29FN6O. The minimum atomic E-state index is -0.224. The van der Waals surface area contributed by atoms with Crippen LogP contribution >= 0.6 is 0 Å². The normalized spacial score (nSPS) is 13.2. The second-order valence-corrected chi connectivity index (χ2v) is 8.03. The maximum Gasteiger partial charge on any atom is 0.253 e. The van der Waals surface area contributed by atoms with E-state index in [4.69, 9.17) is 10.3 Å². The Bertz CT molecular complexity index is 1100. The highest BCUT2D eigenvalue weighted by atomic mass is 19.1. The Hall–Kier alpha value is -3.68. The molecule has 3 rings (SSSR count). The van der Waals surface area contributed by atoms with Crippen molar-refractivity contribution in [3.05, 3.63) is 71.7 Å². The maximum absolute atomic E-state index is 14.0. The van der Waals surface area contributed by atoms with Crippen molar-refractivity contribution < 1.29 is 8.91 Å². The van der Waals surface area contributed by atoms with Gasteiger partial charge in [-0.15, -0.1) is 0 Å². The number of aliphatic imine (C=N–C) groups is 2. The molecule has 1 aromatic heterocycles. The molecule has 168 valence electrons. The fraction of sp³-hybridized carbons (Fsp3) is 0.292. The molecule has 1 heterocycles. The average molecular weight is 437 g/mol. The summed E-state index contributed by atoms with van der Waals surface area (Å²) in [4.78, 5) is 12.2. The summed E-state index contributed by atoms with van der Waals surface area (Å²) in [6.07, 6.45) is 0.679. The van der Waals surface area contributed by atoms with Crippen molar-refractivity contribution in [1.82, 2.24) is 15.0 Å². The van der Waals surface area contributed by atoms with Crippen molar-refractivity contribution in [3.63, 3.8) is 0 Å².